The molecular formula is C14F12N4O2. The Morgan fingerprint density at radius 3 is 0.656 bits per heavy atom. The normalized spacial score (nSPS) is 15.0. The molecule has 172 valence electrons. The summed E-state index contributed by atoms with van der Waals surface area (Å²) in [7, 11) is 0. The second-order valence-electron chi connectivity index (χ2n) is 5.89. The average Bonchev–Trinajstić information content (AvgIpc) is 2.61. The Balaban J connectivity index is 2.38. The lowest BCUT2D eigenvalue weighted by Crippen LogP contribution is -2.33. The standard InChI is InChI=1S/C14F12N4O2/c15-11(16,17)7-8(12(18,19)20)28-2-1(27-7)5(31)3-4(6(2)32)30-10(14(24,25)26)9(29-3)13(21,22)23. The maximum Gasteiger partial charge on any atom is 0.435 e. The molecule has 0 radical (unpaired) electrons. The number of halogens is 12. The van der Waals surface area contributed by atoms with Crippen molar-refractivity contribution in [1.29, 1.82) is 0 Å². The van der Waals surface area contributed by atoms with E-state index >= 15 is 0 Å². The SMILES string of the molecule is O=C1c2nc(C(F)(F)F)c(C(F)(F)F)nc2C(=O)c2nc(C(F)(F)F)c(C(F)(F)F)nc21. The van der Waals surface area contributed by atoms with Gasteiger partial charge < -0.3 is 0 Å². The summed E-state index contributed by atoms with van der Waals surface area (Å²) in [5, 5.41) is 0. The minimum Gasteiger partial charge on any atom is -0.285 e. The zero-order valence-electron chi connectivity index (χ0n) is 14.1. The fraction of sp³-hybridized carbons (Fsp3) is 0.286. The molecular weight excluding hydrogens is 484 g/mol. The number of carbonyl (C=O) groups is 2. The highest BCUT2D eigenvalue weighted by atomic mass is 19.4. The number of alkyl halides is 12. The summed E-state index contributed by atoms with van der Waals surface area (Å²) in [5.41, 5.74) is -18.4. The predicted octanol–water partition coefficient (Wildman–Crippen LogP) is 4.12. The average molecular weight is 484 g/mol. The van der Waals surface area contributed by atoms with Gasteiger partial charge in [-0.3, -0.25) is 9.59 Å². The molecule has 0 unspecified atom stereocenters. The highest BCUT2D eigenvalue weighted by molar-refractivity contribution is 6.25. The second-order valence-corrected chi connectivity index (χ2v) is 5.89. The Kier molecular flexibility index (Phi) is 4.80. The molecule has 1 aliphatic carbocycles. The van der Waals surface area contributed by atoms with Crippen LogP contribution < -0.4 is 0 Å². The first-order chi connectivity index (χ1) is 14.2. The van der Waals surface area contributed by atoms with Crippen molar-refractivity contribution < 1.29 is 62.3 Å². The second kappa shape index (κ2) is 6.58. The Morgan fingerprint density at radius 2 is 0.531 bits per heavy atom. The van der Waals surface area contributed by atoms with Crippen LogP contribution in [-0.2, 0) is 24.7 Å². The highest BCUT2D eigenvalue weighted by Crippen LogP contribution is 2.42. The molecule has 6 nitrogen and oxygen atoms in total. The Bertz CT molecular complexity index is 983. The molecule has 2 heterocycles. The van der Waals surface area contributed by atoms with Gasteiger partial charge in [-0.15, -0.1) is 0 Å². The molecule has 32 heavy (non-hydrogen) atoms. The number of ketones is 2. The first kappa shape index (κ1) is 23.3. The minimum atomic E-state index is -5.89. The number of aromatic nitrogens is 4. The van der Waals surface area contributed by atoms with Crippen molar-refractivity contribution in [2.24, 2.45) is 0 Å². The van der Waals surface area contributed by atoms with Crippen LogP contribution in [0.1, 0.15) is 55.1 Å². The summed E-state index contributed by atoms with van der Waals surface area (Å²) in [6.45, 7) is 0. The van der Waals surface area contributed by atoms with Crippen LogP contribution in [0.3, 0.4) is 0 Å². The van der Waals surface area contributed by atoms with Gasteiger partial charge in [0.1, 0.15) is 22.8 Å². The van der Waals surface area contributed by atoms with Gasteiger partial charge in [0.15, 0.2) is 22.8 Å². The van der Waals surface area contributed by atoms with E-state index in [9.17, 15) is 62.3 Å². The van der Waals surface area contributed by atoms with E-state index in [2.05, 4.69) is 19.9 Å². The summed E-state index contributed by atoms with van der Waals surface area (Å²) in [4.78, 5) is 34.1. The van der Waals surface area contributed by atoms with Crippen LogP contribution in [0.15, 0.2) is 0 Å². The summed E-state index contributed by atoms with van der Waals surface area (Å²) in [6.07, 6.45) is -23.6. The van der Waals surface area contributed by atoms with E-state index in [1.807, 2.05) is 0 Å². The third-order valence-corrected chi connectivity index (χ3v) is 3.73. The van der Waals surface area contributed by atoms with Gasteiger partial charge in [-0.1, -0.05) is 0 Å². The van der Waals surface area contributed by atoms with Crippen molar-refractivity contribution in [1.82, 2.24) is 19.9 Å². The first-order valence-electron chi connectivity index (χ1n) is 7.46. The van der Waals surface area contributed by atoms with Crippen LogP contribution in [-0.4, -0.2) is 31.5 Å². The quantitative estimate of drug-likeness (QED) is 0.447. The van der Waals surface area contributed by atoms with Crippen molar-refractivity contribution >= 4 is 11.6 Å². The van der Waals surface area contributed by atoms with Crippen LogP contribution in [0.4, 0.5) is 52.7 Å². The third-order valence-electron chi connectivity index (χ3n) is 3.73. The van der Waals surface area contributed by atoms with Crippen LogP contribution in [0.2, 0.25) is 0 Å². The highest BCUT2D eigenvalue weighted by Gasteiger charge is 2.52. The lowest BCUT2D eigenvalue weighted by molar-refractivity contribution is -0.167. The number of hydrogen-bond acceptors (Lipinski definition) is 6. The Labute approximate surface area is 165 Å². The number of nitrogens with zero attached hydrogens (tertiary/aromatic N) is 4. The summed E-state index contributed by atoms with van der Waals surface area (Å²) in [5.74, 6) is -4.24. The van der Waals surface area contributed by atoms with Crippen LogP contribution in [0.25, 0.3) is 0 Å². The van der Waals surface area contributed by atoms with Crippen molar-refractivity contribution in [2.45, 2.75) is 24.7 Å². The molecule has 0 saturated heterocycles. The molecule has 2 aromatic rings. The topological polar surface area (TPSA) is 85.7 Å². The van der Waals surface area contributed by atoms with E-state index in [0.29, 0.717) is 0 Å². The summed E-state index contributed by atoms with van der Waals surface area (Å²) >= 11 is 0. The molecule has 0 amide bonds. The van der Waals surface area contributed by atoms with E-state index in [1.165, 1.54) is 0 Å². The molecule has 0 bridgehead atoms. The van der Waals surface area contributed by atoms with E-state index in [1.54, 1.807) is 0 Å². The fourth-order valence-corrected chi connectivity index (χ4v) is 2.52. The molecule has 0 fully saturated rings. The molecule has 0 aromatic carbocycles. The van der Waals surface area contributed by atoms with Gasteiger partial charge >= 0.3 is 24.7 Å². The molecule has 3 rings (SSSR count). The largest absolute Gasteiger partial charge is 0.435 e. The number of fused-ring (bicyclic) bond motifs is 2. The predicted molar refractivity (Wildman–Crippen MR) is 70.9 cm³/mol. The van der Waals surface area contributed by atoms with Gasteiger partial charge in [-0.05, 0) is 0 Å². The maximum atomic E-state index is 13.0. The number of hydrogen-bond donors (Lipinski definition) is 0. The van der Waals surface area contributed by atoms with Crippen molar-refractivity contribution in [3.05, 3.63) is 45.6 Å². The zero-order chi connectivity index (χ0) is 24.6. The summed E-state index contributed by atoms with van der Waals surface area (Å²) in [6, 6.07) is 0. The van der Waals surface area contributed by atoms with Gasteiger partial charge in [0.2, 0.25) is 11.6 Å². The van der Waals surface area contributed by atoms with Crippen LogP contribution in [0.5, 0.6) is 0 Å². The van der Waals surface area contributed by atoms with Gasteiger partial charge in [0, 0.05) is 0 Å². The number of carbonyl (C=O) groups excluding carboxylic acids is 2. The fourth-order valence-electron chi connectivity index (χ4n) is 2.52. The lowest BCUT2D eigenvalue weighted by atomic mass is 9.96. The molecule has 0 N–H and O–H groups in total. The Hall–Kier alpha value is -3.34. The molecule has 0 aliphatic heterocycles. The third kappa shape index (κ3) is 3.72. The van der Waals surface area contributed by atoms with Gasteiger partial charge in [0.25, 0.3) is 0 Å². The van der Waals surface area contributed by atoms with Gasteiger partial charge in [0.05, 0.1) is 0 Å². The molecule has 1 aliphatic rings. The molecule has 0 atom stereocenters. The number of rotatable bonds is 0. The van der Waals surface area contributed by atoms with E-state index in [0.717, 1.165) is 0 Å². The monoisotopic (exact) mass is 484 g/mol. The van der Waals surface area contributed by atoms with Crippen LogP contribution in [0, 0.1) is 0 Å². The summed E-state index contributed by atoms with van der Waals surface area (Å²) < 4.78 is 156. The van der Waals surface area contributed by atoms with Crippen LogP contribution >= 0.6 is 0 Å². The van der Waals surface area contributed by atoms with Crippen molar-refractivity contribution in [3.8, 4) is 0 Å². The molecule has 18 heteroatoms. The zero-order valence-corrected chi connectivity index (χ0v) is 14.1. The van der Waals surface area contributed by atoms with Crippen molar-refractivity contribution in [3.63, 3.8) is 0 Å². The lowest BCUT2D eigenvalue weighted by Gasteiger charge is -2.21. The van der Waals surface area contributed by atoms with E-state index < -0.39 is 81.8 Å². The Morgan fingerprint density at radius 1 is 0.375 bits per heavy atom. The van der Waals surface area contributed by atoms with Crippen molar-refractivity contribution in [2.75, 3.05) is 0 Å². The first-order valence-corrected chi connectivity index (χ1v) is 7.46. The molecule has 0 saturated carbocycles. The van der Waals surface area contributed by atoms with Gasteiger partial charge in [-0.25, -0.2) is 19.9 Å². The minimum absolute atomic E-state index is 1.79. The maximum absolute atomic E-state index is 13.0. The molecule has 0 spiro atoms. The van der Waals surface area contributed by atoms with Gasteiger partial charge in [-0.2, -0.15) is 52.7 Å². The molecule has 2 aromatic heterocycles. The van der Waals surface area contributed by atoms with E-state index in [-0.39, 0.29) is 0 Å². The van der Waals surface area contributed by atoms with E-state index in [4.69, 9.17) is 0 Å². The smallest absolute Gasteiger partial charge is 0.285 e.